The maximum Gasteiger partial charge on any atom is 0.257 e. The molecule has 0 bridgehead atoms. The highest BCUT2D eigenvalue weighted by Crippen LogP contribution is 2.31. The molecule has 164 valence electrons. The first-order valence-corrected chi connectivity index (χ1v) is 11.6. The zero-order chi connectivity index (χ0) is 22.1. The summed E-state index contributed by atoms with van der Waals surface area (Å²) >= 11 is 0. The fraction of sp³-hybridized carbons (Fsp3) is 0.346. The van der Waals surface area contributed by atoms with Gasteiger partial charge in [0.2, 0.25) is 0 Å². The molecule has 0 unspecified atom stereocenters. The van der Waals surface area contributed by atoms with E-state index in [2.05, 4.69) is 36.5 Å². The third-order valence-corrected chi connectivity index (χ3v) is 6.43. The summed E-state index contributed by atoms with van der Waals surface area (Å²) in [4.78, 5) is 23.0. The molecule has 2 heterocycles. The van der Waals surface area contributed by atoms with Crippen LogP contribution in [0.15, 0.2) is 48.5 Å². The van der Waals surface area contributed by atoms with Gasteiger partial charge >= 0.3 is 0 Å². The van der Waals surface area contributed by atoms with Gasteiger partial charge in [-0.1, -0.05) is 50.5 Å². The summed E-state index contributed by atoms with van der Waals surface area (Å²) in [5.41, 5.74) is 11.9. The van der Waals surface area contributed by atoms with Crippen LogP contribution in [-0.4, -0.2) is 26.5 Å². The van der Waals surface area contributed by atoms with E-state index < -0.39 is 0 Å². The number of nitrogens with zero attached hydrogens (tertiary/aromatic N) is 3. The third kappa shape index (κ3) is 3.70. The smallest absolute Gasteiger partial charge is 0.257 e. The number of amides is 1. The van der Waals surface area contributed by atoms with Crippen LogP contribution in [0.4, 0.5) is 5.82 Å². The highest BCUT2D eigenvalue weighted by Gasteiger charge is 2.27. The van der Waals surface area contributed by atoms with E-state index in [0.29, 0.717) is 22.5 Å². The first kappa shape index (κ1) is 20.5. The van der Waals surface area contributed by atoms with Crippen molar-refractivity contribution in [3.63, 3.8) is 0 Å². The summed E-state index contributed by atoms with van der Waals surface area (Å²) < 4.78 is 1.86. The molecule has 1 aliphatic rings. The lowest BCUT2D eigenvalue weighted by Gasteiger charge is -2.12. The second-order valence-corrected chi connectivity index (χ2v) is 8.71. The second-order valence-electron chi connectivity index (χ2n) is 8.71. The molecule has 0 aliphatic heterocycles. The lowest BCUT2D eigenvalue weighted by molar-refractivity contribution is 0.0940. The van der Waals surface area contributed by atoms with Gasteiger partial charge in [-0.25, -0.2) is 9.97 Å². The average Bonchev–Trinajstić information content (AvgIpc) is 3.41. The summed E-state index contributed by atoms with van der Waals surface area (Å²) in [5.74, 6) is 0.217. The number of hydrogen-bond donors (Lipinski definition) is 2. The molecule has 0 radical (unpaired) electrons. The molecule has 0 spiro atoms. The summed E-state index contributed by atoms with van der Waals surface area (Å²) in [5, 5.41) is 3.17. The Morgan fingerprint density at radius 1 is 1.06 bits per heavy atom. The number of nitrogens with two attached hydrogens (primary N) is 1. The number of hydrogen-bond acceptors (Lipinski definition) is 4. The Kier molecular flexibility index (Phi) is 5.52. The van der Waals surface area contributed by atoms with E-state index >= 15 is 0 Å². The van der Waals surface area contributed by atoms with E-state index in [1.807, 2.05) is 28.8 Å². The zero-order valence-electron chi connectivity index (χ0n) is 18.5. The van der Waals surface area contributed by atoms with Crippen LogP contribution in [0.1, 0.15) is 61.4 Å². The first-order valence-electron chi connectivity index (χ1n) is 11.6. The van der Waals surface area contributed by atoms with Crippen molar-refractivity contribution < 1.29 is 4.79 Å². The summed E-state index contributed by atoms with van der Waals surface area (Å²) in [7, 11) is 0. The van der Waals surface area contributed by atoms with Crippen LogP contribution in [0.5, 0.6) is 0 Å². The lowest BCUT2D eigenvalue weighted by Crippen LogP contribution is -2.33. The third-order valence-electron chi connectivity index (χ3n) is 6.43. The molecule has 6 nitrogen and oxygen atoms in total. The standard InChI is InChI=1S/C26H29N5O/c1-2-3-8-17-13-15-19(16-14-17)31-24(27)22(26(32)28-18-9-4-5-10-18)23-25(31)30-21-12-7-6-11-20(21)29-23/h6-7,11-16,18H,2-5,8-10,27H2,1H3,(H,28,32). The normalized spacial score (nSPS) is 14.4. The Bertz CT molecular complexity index is 1270. The van der Waals surface area contributed by atoms with Crippen LogP contribution in [-0.2, 0) is 6.42 Å². The molecule has 6 heteroatoms. The number of carbonyl (C=O) groups excluding carboxylic acids is 1. The van der Waals surface area contributed by atoms with E-state index in [9.17, 15) is 4.79 Å². The minimum Gasteiger partial charge on any atom is -0.384 e. The Morgan fingerprint density at radius 2 is 1.75 bits per heavy atom. The molecule has 2 aromatic carbocycles. The van der Waals surface area contributed by atoms with E-state index in [0.717, 1.165) is 55.2 Å². The average molecular weight is 428 g/mol. The highest BCUT2D eigenvalue weighted by atomic mass is 16.1. The molecular weight excluding hydrogens is 398 g/mol. The van der Waals surface area contributed by atoms with Crippen LogP contribution >= 0.6 is 0 Å². The van der Waals surface area contributed by atoms with Gasteiger partial charge in [-0.05, 0) is 55.5 Å². The molecule has 5 rings (SSSR count). The SMILES string of the molecule is CCCCc1ccc(-n2c(N)c(C(=O)NC3CCCC3)c3nc4ccccc4nc32)cc1. The zero-order valence-corrected chi connectivity index (χ0v) is 18.5. The van der Waals surface area contributed by atoms with Crippen molar-refractivity contribution in [1.29, 1.82) is 0 Å². The lowest BCUT2D eigenvalue weighted by atomic mass is 10.1. The number of anilines is 1. The Hall–Kier alpha value is -3.41. The molecule has 3 N–H and O–H groups in total. The van der Waals surface area contributed by atoms with Gasteiger partial charge < -0.3 is 11.1 Å². The number of carbonyl (C=O) groups is 1. The van der Waals surface area contributed by atoms with E-state index in [-0.39, 0.29) is 11.9 Å². The predicted molar refractivity (Wildman–Crippen MR) is 129 cm³/mol. The second kappa shape index (κ2) is 8.61. The number of para-hydroxylation sites is 2. The Morgan fingerprint density at radius 3 is 2.44 bits per heavy atom. The van der Waals surface area contributed by atoms with Gasteiger partial charge in [-0.3, -0.25) is 9.36 Å². The molecule has 0 atom stereocenters. The maximum atomic E-state index is 13.3. The summed E-state index contributed by atoms with van der Waals surface area (Å²) in [6.45, 7) is 2.20. The topological polar surface area (TPSA) is 85.8 Å². The molecule has 1 fully saturated rings. The van der Waals surface area contributed by atoms with E-state index in [1.165, 1.54) is 12.0 Å². The number of aromatic nitrogens is 3. The number of nitrogens with one attached hydrogen (secondary N) is 1. The van der Waals surface area contributed by atoms with Crippen LogP contribution in [0, 0.1) is 0 Å². The highest BCUT2D eigenvalue weighted by molar-refractivity contribution is 6.11. The maximum absolute atomic E-state index is 13.3. The Labute approximate surface area is 187 Å². The molecule has 4 aromatic rings. The molecular formula is C26H29N5O. The number of rotatable bonds is 6. The minimum absolute atomic E-state index is 0.165. The molecule has 32 heavy (non-hydrogen) atoms. The van der Waals surface area contributed by atoms with Crippen molar-refractivity contribution in [3.8, 4) is 5.69 Å². The number of benzene rings is 2. The number of aryl methyl sites for hydroxylation is 1. The fourth-order valence-corrected chi connectivity index (χ4v) is 4.67. The van der Waals surface area contributed by atoms with Crippen molar-refractivity contribution in [2.75, 3.05) is 5.73 Å². The quantitative estimate of drug-likeness (QED) is 0.444. The van der Waals surface area contributed by atoms with Gasteiger partial charge in [0, 0.05) is 11.7 Å². The number of nitrogen functional groups attached to an aromatic ring is 1. The molecule has 1 saturated carbocycles. The van der Waals surface area contributed by atoms with Gasteiger partial charge in [-0.15, -0.1) is 0 Å². The summed E-state index contributed by atoms with van der Waals surface area (Å²) in [6, 6.07) is 16.3. The Balaban J connectivity index is 1.65. The van der Waals surface area contributed by atoms with Crippen LogP contribution in [0.25, 0.3) is 27.9 Å². The van der Waals surface area contributed by atoms with Crippen molar-refractivity contribution in [2.24, 2.45) is 0 Å². The molecule has 2 aromatic heterocycles. The first-order chi connectivity index (χ1) is 15.7. The van der Waals surface area contributed by atoms with Crippen molar-refractivity contribution in [2.45, 2.75) is 57.9 Å². The van der Waals surface area contributed by atoms with Crippen LogP contribution in [0.3, 0.4) is 0 Å². The minimum atomic E-state index is -0.165. The van der Waals surface area contributed by atoms with Gasteiger partial charge in [0.25, 0.3) is 5.91 Å². The monoisotopic (exact) mass is 427 g/mol. The number of fused-ring (bicyclic) bond motifs is 2. The predicted octanol–water partition coefficient (Wildman–Crippen LogP) is 5.17. The van der Waals surface area contributed by atoms with Crippen molar-refractivity contribution in [3.05, 3.63) is 59.7 Å². The van der Waals surface area contributed by atoms with E-state index in [4.69, 9.17) is 15.7 Å². The van der Waals surface area contributed by atoms with E-state index in [1.54, 1.807) is 0 Å². The van der Waals surface area contributed by atoms with Gasteiger partial charge in [0.05, 0.1) is 11.0 Å². The molecule has 0 saturated heterocycles. The van der Waals surface area contributed by atoms with Crippen molar-refractivity contribution in [1.82, 2.24) is 19.9 Å². The van der Waals surface area contributed by atoms with Gasteiger partial charge in [-0.2, -0.15) is 0 Å². The van der Waals surface area contributed by atoms with Crippen LogP contribution < -0.4 is 11.1 Å². The van der Waals surface area contributed by atoms with Gasteiger partial charge in [0.1, 0.15) is 16.9 Å². The largest absolute Gasteiger partial charge is 0.384 e. The summed E-state index contributed by atoms with van der Waals surface area (Å²) in [6.07, 6.45) is 7.71. The molecule has 1 aliphatic carbocycles. The fourth-order valence-electron chi connectivity index (χ4n) is 4.67. The number of unbranched alkanes of at least 4 members (excludes halogenated alkanes) is 1. The van der Waals surface area contributed by atoms with Crippen LogP contribution in [0.2, 0.25) is 0 Å². The molecule has 1 amide bonds. The van der Waals surface area contributed by atoms with Gasteiger partial charge in [0.15, 0.2) is 5.65 Å². The van der Waals surface area contributed by atoms with Crippen molar-refractivity contribution >= 4 is 33.9 Å².